The predicted molar refractivity (Wildman–Crippen MR) is 75.1 cm³/mol. The van der Waals surface area contributed by atoms with Gasteiger partial charge in [-0.15, -0.1) is 0 Å². The summed E-state index contributed by atoms with van der Waals surface area (Å²) in [6.45, 7) is 4.89. The second-order valence-electron chi connectivity index (χ2n) is 5.81. The van der Waals surface area contributed by atoms with Crippen molar-refractivity contribution in [3.05, 3.63) is 35.6 Å². The number of rotatable bonds is 5. The molecular weight excluding hydrogens is 277 g/mol. The minimum atomic E-state index is -1.54. The number of carbonyl (C=O) groups is 2. The van der Waals surface area contributed by atoms with Crippen molar-refractivity contribution in [3.8, 4) is 0 Å². The van der Waals surface area contributed by atoms with Crippen molar-refractivity contribution in [2.75, 3.05) is 0 Å². The molecule has 1 rings (SSSR count). The smallest absolute Gasteiger partial charge is 0.322 e. The lowest BCUT2D eigenvalue weighted by atomic mass is 9.94. The summed E-state index contributed by atoms with van der Waals surface area (Å²) in [5.41, 5.74) is 5.24. The van der Waals surface area contributed by atoms with E-state index in [0.717, 1.165) is 0 Å². The fourth-order valence-corrected chi connectivity index (χ4v) is 1.86. The summed E-state index contributed by atoms with van der Waals surface area (Å²) in [5.74, 6) is -4.32. The van der Waals surface area contributed by atoms with Gasteiger partial charge in [0, 0.05) is 6.04 Å². The maximum Gasteiger partial charge on any atom is 0.322 e. The Kier molecular flexibility index (Phi) is 5.43. The van der Waals surface area contributed by atoms with Crippen molar-refractivity contribution in [1.82, 2.24) is 0 Å². The van der Waals surface area contributed by atoms with Crippen LogP contribution in [0.15, 0.2) is 24.3 Å². The van der Waals surface area contributed by atoms with Crippen LogP contribution in [0, 0.1) is 11.7 Å². The lowest BCUT2D eigenvalue weighted by molar-refractivity contribution is -0.167. The van der Waals surface area contributed by atoms with Crippen molar-refractivity contribution in [2.24, 2.45) is 11.7 Å². The molecule has 0 saturated heterocycles. The van der Waals surface area contributed by atoms with E-state index in [1.807, 2.05) is 0 Å². The van der Waals surface area contributed by atoms with E-state index in [2.05, 4.69) is 0 Å². The summed E-state index contributed by atoms with van der Waals surface area (Å²) in [6.07, 6.45) is -0.0666. The van der Waals surface area contributed by atoms with Gasteiger partial charge in [0.05, 0.1) is 0 Å². The molecule has 21 heavy (non-hydrogen) atoms. The monoisotopic (exact) mass is 297 g/mol. The molecule has 0 spiro atoms. The lowest BCUT2D eigenvalue weighted by Gasteiger charge is -2.25. The number of hydrogen-bond donors (Lipinski definition) is 2. The molecule has 2 unspecified atom stereocenters. The third-order valence-corrected chi connectivity index (χ3v) is 2.77. The molecule has 0 amide bonds. The summed E-state index contributed by atoms with van der Waals surface area (Å²) >= 11 is 0. The Bertz CT molecular complexity index is 525. The summed E-state index contributed by atoms with van der Waals surface area (Å²) < 4.78 is 18.6. The van der Waals surface area contributed by atoms with Crippen LogP contribution in [0.4, 0.5) is 4.39 Å². The highest BCUT2D eigenvalue weighted by atomic mass is 19.1. The van der Waals surface area contributed by atoms with Gasteiger partial charge >= 0.3 is 11.9 Å². The number of nitrogens with two attached hydrogens (primary N) is 1. The van der Waals surface area contributed by atoms with Crippen molar-refractivity contribution in [3.63, 3.8) is 0 Å². The highest BCUT2D eigenvalue weighted by molar-refractivity contribution is 5.95. The van der Waals surface area contributed by atoms with E-state index in [0.29, 0.717) is 0 Å². The van der Waals surface area contributed by atoms with Crippen molar-refractivity contribution in [2.45, 2.75) is 38.8 Å². The van der Waals surface area contributed by atoms with E-state index < -0.39 is 35.3 Å². The number of carboxylic acids is 1. The Morgan fingerprint density at radius 2 is 1.90 bits per heavy atom. The Hall–Kier alpha value is -1.95. The molecule has 0 aromatic heterocycles. The first-order chi connectivity index (χ1) is 9.61. The van der Waals surface area contributed by atoms with Crippen LogP contribution >= 0.6 is 0 Å². The molecule has 1 aromatic rings. The number of ether oxygens (including phenoxy) is 1. The zero-order chi connectivity index (χ0) is 16.2. The van der Waals surface area contributed by atoms with Crippen LogP contribution in [0.3, 0.4) is 0 Å². The first-order valence-corrected chi connectivity index (χ1v) is 6.56. The maximum atomic E-state index is 13.6. The van der Waals surface area contributed by atoms with Gasteiger partial charge in [-0.1, -0.05) is 18.2 Å². The normalized spacial score (nSPS) is 14.3. The Labute approximate surface area is 122 Å². The molecule has 0 fully saturated rings. The molecule has 0 heterocycles. The number of halogens is 1. The molecule has 116 valence electrons. The fraction of sp³-hybridized carbons (Fsp3) is 0.467. The molecule has 5 nitrogen and oxygen atoms in total. The standard InChI is InChI=1S/C15H20FNO4/c1-15(2,3)21-14(20)12(13(18)19)11(17)8-9-6-4-5-7-10(9)16/h4-7,11-12H,8,17H2,1-3H3,(H,18,19). The lowest BCUT2D eigenvalue weighted by Crippen LogP contribution is -2.45. The topological polar surface area (TPSA) is 89.6 Å². The Balaban J connectivity index is 2.88. The third-order valence-electron chi connectivity index (χ3n) is 2.77. The first kappa shape index (κ1) is 17.1. The van der Waals surface area contributed by atoms with Crippen LogP contribution in [0.5, 0.6) is 0 Å². The largest absolute Gasteiger partial charge is 0.481 e. The highest BCUT2D eigenvalue weighted by Crippen LogP contribution is 2.17. The number of benzene rings is 1. The number of carbonyl (C=O) groups excluding carboxylic acids is 1. The molecule has 0 aliphatic carbocycles. The zero-order valence-corrected chi connectivity index (χ0v) is 12.3. The van der Waals surface area contributed by atoms with E-state index in [1.165, 1.54) is 18.2 Å². The number of hydrogen-bond acceptors (Lipinski definition) is 4. The summed E-state index contributed by atoms with van der Waals surface area (Å²) in [6, 6.07) is 4.82. The predicted octanol–water partition coefficient (Wildman–Crippen LogP) is 1.74. The average Bonchev–Trinajstić information content (AvgIpc) is 2.29. The Morgan fingerprint density at radius 3 is 2.38 bits per heavy atom. The molecule has 0 aliphatic heterocycles. The van der Waals surface area contributed by atoms with Gasteiger partial charge < -0.3 is 15.6 Å². The van der Waals surface area contributed by atoms with Gasteiger partial charge in [0.1, 0.15) is 11.4 Å². The number of carboxylic acid groups (broad SMARTS) is 1. The highest BCUT2D eigenvalue weighted by Gasteiger charge is 2.36. The second kappa shape index (κ2) is 6.67. The quantitative estimate of drug-likeness (QED) is 0.638. The second-order valence-corrected chi connectivity index (χ2v) is 5.81. The summed E-state index contributed by atoms with van der Waals surface area (Å²) in [7, 11) is 0. The van der Waals surface area contributed by atoms with Gasteiger partial charge in [-0.25, -0.2) is 4.39 Å². The first-order valence-electron chi connectivity index (χ1n) is 6.56. The molecule has 0 bridgehead atoms. The van der Waals surface area contributed by atoms with Gasteiger partial charge in [-0.3, -0.25) is 9.59 Å². The number of esters is 1. The third kappa shape index (κ3) is 5.15. The average molecular weight is 297 g/mol. The Morgan fingerprint density at radius 1 is 1.33 bits per heavy atom. The van der Waals surface area contributed by atoms with Crippen LogP contribution in [0.25, 0.3) is 0 Å². The van der Waals surface area contributed by atoms with Crippen LogP contribution in [-0.4, -0.2) is 28.7 Å². The van der Waals surface area contributed by atoms with Gasteiger partial charge in [0.25, 0.3) is 0 Å². The minimum absolute atomic E-state index is 0.0666. The summed E-state index contributed by atoms with van der Waals surface area (Å²) in [4.78, 5) is 23.2. The van der Waals surface area contributed by atoms with E-state index >= 15 is 0 Å². The number of aliphatic carboxylic acids is 1. The van der Waals surface area contributed by atoms with Crippen LogP contribution in [0.2, 0.25) is 0 Å². The summed E-state index contributed by atoms with van der Waals surface area (Å²) in [5, 5.41) is 9.18. The molecule has 0 radical (unpaired) electrons. The van der Waals surface area contributed by atoms with E-state index in [4.69, 9.17) is 10.5 Å². The molecule has 0 saturated carbocycles. The molecule has 1 aromatic carbocycles. The van der Waals surface area contributed by atoms with Crippen molar-refractivity contribution >= 4 is 11.9 Å². The van der Waals surface area contributed by atoms with E-state index in [9.17, 15) is 19.1 Å². The molecule has 0 aliphatic rings. The SMILES string of the molecule is CC(C)(C)OC(=O)C(C(=O)O)C(N)Cc1ccccc1F. The van der Waals surface area contributed by atoms with Gasteiger partial charge in [-0.05, 0) is 38.8 Å². The van der Waals surface area contributed by atoms with Crippen LogP contribution in [0.1, 0.15) is 26.3 Å². The van der Waals surface area contributed by atoms with E-state index in [1.54, 1.807) is 26.8 Å². The van der Waals surface area contributed by atoms with Crippen molar-refractivity contribution in [1.29, 1.82) is 0 Å². The minimum Gasteiger partial charge on any atom is -0.481 e. The molecule has 3 N–H and O–H groups in total. The maximum absolute atomic E-state index is 13.6. The van der Waals surface area contributed by atoms with Gasteiger partial charge in [-0.2, -0.15) is 0 Å². The van der Waals surface area contributed by atoms with E-state index in [-0.39, 0.29) is 12.0 Å². The zero-order valence-electron chi connectivity index (χ0n) is 12.3. The molecular formula is C15H20FNO4. The van der Waals surface area contributed by atoms with Gasteiger partial charge in [0.2, 0.25) is 0 Å². The van der Waals surface area contributed by atoms with Gasteiger partial charge in [0.15, 0.2) is 5.92 Å². The van der Waals surface area contributed by atoms with Crippen LogP contribution in [-0.2, 0) is 20.7 Å². The van der Waals surface area contributed by atoms with Crippen molar-refractivity contribution < 1.29 is 23.8 Å². The molecule has 2 atom stereocenters. The van der Waals surface area contributed by atoms with Crippen LogP contribution < -0.4 is 5.73 Å². The molecule has 6 heteroatoms. The fourth-order valence-electron chi connectivity index (χ4n) is 1.86.